The van der Waals surface area contributed by atoms with Gasteiger partial charge in [0.15, 0.2) is 0 Å². The summed E-state index contributed by atoms with van der Waals surface area (Å²) < 4.78 is 66.9. The van der Waals surface area contributed by atoms with E-state index in [1.54, 1.807) is 24.0 Å². The molecule has 7 nitrogen and oxygen atoms in total. The van der Waals surface area contributed by atoms with E-state index >= 15 is 0 Å². The lowest BCUT2D eigenvalue weighted by molar-refractivity contribution is -0.384. The lowest BCUT2D eigenvalue weighted by Crippen LogP contribution is -2.54. The van der Waals surface area contributed by atoms with Crippen molar-refractivity contribution >= 4 is 32.2 Å². The Bertz CT molecular complexity index is 1330. The zero-order valence-corrected chi connectivity index (χ0v) is 18.3. The van der Waals surface area contributed by atoms with Crippen molar-refractivity contribution in [3.8, 4) is 0 Å². The van der Waals surface area contributed by atoms with Crippen LogP contribution in [0.25, 0.3) is 10.8 Å². The molecule has 1 heterocycles. The van der Waals surface area contributed by atoms with Gasteiger partial charge in [0, 0.05) is 31.7 Å². The van der Waals surface area contributed by atoms with Crippen LogP contribution in [0.1, 0.15) is 12.5 Å². The molecule has 0 radical (unpaired) electrons. The number of fused-ring (bicyclic) bond motifs is 1. The Morgan fingerprint density at radius 3 is 2.33 bits per heavy atom. The molecular weight excluding hydrogens is 459 g/mol. The van der Waals surface area contributed by atoms with Gasteiger partial charge in [-0.1, -0.05) is 30.3 Å². The van der Waals surface area contributed by atoms with Gasteiger partial charge in [-0.25, -0.2) is 8.42 Å². The van der Waals surface area contributed by atoms with Crippen LogP contribution < -0.4 is 4.90 Å². The first kappa shape index (κ1) is 23.0. The molecule has 11 heteroatoms. The minimum Gasteiger partial charge on any atom is -0.363 e. The molecule has 174 valence electrons. The van der Waals surface area contributed by atoms with E-state index in [1.165, 1.54) is 10.4 Å². The summed E-state index contributed by atoms with van der Waals surface area (Å²) in [6.07, 6.45) is -4.71. The summed E-state index contributed by atoms with van der Waals surface area (Å²) in [6.45, 7) is 1.90. The van der Waals surface area contributed by atoms with Gasteiger partial charge < -0.3 is 4.90 Å². The smallest absolute Gasteiger partial charge is 0.363 e. The van der Waals surface area contributed by atoms with Gasteiger partial charge >= 0.3 is 6.18 Å². The Labute approximate surface area is 188 Å². The van der Waals surface area contributed by atoms with Crippen molar-refractivity contribution in [2.24, 2.45) is 0 Å². The first-order chi connectivity index (χ1) is 15.5. The van der Waals surface area contributed by atoms with Crippen LogP contribution in [0.3, 0.4) is 0 Å². The minimum absolute atomic E-state index is 0.0302. The van der Waals surface area contributed by atoms with E-state index in [-0.39, 0.29) is 30.2 Å². The summed E-state index contributed by atoms with van der Waals surface area (Å²) in [5.41, 5.74) is -1.74. The highest BCUT2D eigenvalue weighted by atomic mass is 32.2. The van der Waals surface area contributed by atoms with Crippen LogP contribution in [-0.2, 0) is 16.2 Å². The Kier molecular flexibility index (Phi) is 5.79. The number of benzene rings is 3. The van der Waals surface area contributed by atoms with Crippen molar-refractivity contribution in [3.05, 3.63) is 76.3 Å². The van der Waals surface area contributed by atoms with Gasteiger partial charge in [-0.3, -0.25) is 10.1 Å². The van der Waals surface area contributed by atoms with Crippen LogP contribution in [-0.4, -0.2) is 43.3 Å². The van der Waals surface area contributed by atoms with Gasteiger partial charge in [0.05, 0.1) is 15.4 Å². The number of nitro benzene ring substituents is 1. The molecular formula is C22H20F3N3O4S. The number of halogens is 3. The maximum absolute atomic E-state index is 13.3. The number of hydrogen-bond donors (Lipinski definition) is 0. The van der Waals surface area contributed by atoms with E-state index in [0.29, 0.717) is 6.07 Å². The molecule has 1 aliphatic rings. The second-order valence-corrected chi connectivity index (χ2v) is 9.77. The maximum atomic E-state index is 13.3. The maximum Gasteiger partial charge on any atom is 0.416 e. The fourth-order valence-corrected chi connectivity index (χ4v) is 5.74. The zero-order valence-electron chi connectivity index (χ0n) is 17.5. The number of hydrogen-bond acceptors (Lipinski definition) is 5. The highest BCUT2D eigenvalue weighted by Crippen LogP contribution is 2.37. The fourth-order valence-electron chi connectivity index (χ4n) is 4.09. The van der Waals surface area contributed by atoms with Gasteiger partial charge in [0.2, 0.25) is 10.0 Å². The van der Waals surface area contributed by atoms with Crippen molar-refractivity contribution in [2.45, 2.75) is 24.0 Å². The third-order valence-electron chi connectivity index (χ3n) is 5.73. The van der Waals surface area contributed by atoms with Crippen molar-refractivity contribution in [1.82, 2.24) is 4.31 Å². The molecule has 0 bridgehead atoms. The number of rotatable bonds is 4. The molecule has 0 spiro atoms. The third-order valence-corrected chi connectivity index (χ3v) is 7.74. The molecule has 0 amide bonds. The lowest BCUT2D eigenvalue weighted by atomic mass is 10.1. The summed E-state index contributed by atoms with van der Waals surface area (Å²) in [7, 11) is -3.84. The first-order valence-corrected chi connectivity index (χ1v) is 11.5. The Morgan fingerprint density at radius 2 is 1.70 bits per heavy atom. The van der Waals surface area contributed by atoms with Gasteiger partial charge in [-0.05, 0) is 42.0 Å². The number of nitro groups is 1. The molecule has 0 saturated carbocycles. The largest absolute Gasteiger partial charge is 0.416 e. The molecule has 0 N–H and O–H groups in total. The number of nitrogens with zero attached hydrogens (tertiary/aromatic N) is 3. The second kappa shape index (κ2) is 8.31. The summed E-state index contributed by atoms with van der Waals surface area (Å²) in [4.78, 5) is 12.3. The molecule has 1 saturated heterocycles. The molecule has 1 unspecified atom stereocenters. The number of anilines is 1. The fraction of sp³-hybridized carbons (Fsp3) is 0.273. The summed E-state index contributed by atoms with van der Waals surface area (Å²) >= 11 is 0. The molecule has 0 aliphatic carbocycles. The van der Waals surface area contributed by atoms with E-state index in [0.717, 1.165) is 22.9 Å². The average Bonchev–Trinajstić information content (AvgIpc) is 2.77. The summed E-state index contributed by atoms with van der Waals surface area (Å²) in [5, 5.41) is 13.1. The van der Waals surface area contributed by atoms with E-state index < -0.39 is 38.4 Å². The second-order valence-electron chi connectivity index (χ2n) is 7.88. The Morgan fingerprint density at radius 1 is 1.00 bits per heavy atom. The topological polar surface area (TPSA) is 83.8 Å². The van der Waals surface area contributed by atoms with Gasteiger partial charge in [0.1, 0.15) is 5.69 Å². The third kappa shape index (κ3) is 4.38. The molecule has 0 aromatic heterocycles. The molecule has 1 fully saturated rings. The standard InChI is InChI=1S/C22H20F3N3O4S/c1-15-14-26(20-9-7-18(22(23,24)25)13-21(20)28(29)30)10-11-27(15)33(31,32)19-8-6-16-4-2-3-5-17(16)12-19/h2-9,12-13,15H,10-11,14H2,1H3. The van der Waals surface area contributed by atoms with Crippen LogP contribution in [0.5, 0.6) is 0 Å². The van der Waals surface area contributed by atoms with Crippen LogP contribution in [0.4, 0.5) is 24.5 Å². The number of alkyl halides is 3. The van der Waals surface area contributed by atoms with E-state index in [4.69, 9.17) is 0 Å². The number of piperazine rings is 1. The Hall–Kier alpha value is -3.18. The van der Waals surface area contributed by atoms with Crippen molar-refractivity contribution in [2.75, 3.05) is 24.5 Å². The predicted octanol–water partition coefficient (Wildman–Crippen LogP) is 4.67. The van der Waals surface area contributed by atoms with Gasteiger partial charge in [-0.15, -0.1) is 0 Å². The quantitative estimate of drug-likeness (QED) is 0.401. The average molecular weight is 479 g/mol. The Balaban J connectivity index is 1.60. The van der Waals surface area contributed by atoms with Crippen LogP contribution >= 0.6 is 0 Å². The summed E-state index contributed by atoms with van der Waals surface area (Å²) in [5.74, 6) is 0. The van der Waals surface area contributed by atoms with Crippen LogP contribution in [0, 0.1) is 10.1 Å². The minimum atomic E-state index is -4.71. The molecule has 3 aromatic rings. The summed E-state index contributed by atoms with van der Waals surface area (Å²) in [6, 6.07) is 14.1. The molecule has 4 rings (SSSR count). The SMILES string of the molecule is CC1CN(c2ccc(C(F)(F)F)cc2[N+](=O)[O-])CCN1S(=O)(=O)c1ccc2ccccc2c1. The lowest BCUT2D eigenvalue weighted by Gasteiger charge is -2.39. The molecule has 3 aromatic carbocycles. The van der Waals surface area contributed by atoms with Gasteiger partial charge in [-0.2, -0.15) is 17.5 Å². The monoisotopic (exact) mass is 479 g/mol. The first-order valence-electron chi connectivity index (χ1n) is 10.1. The number of sulfonamides is 1. The van der Waals surface area contributed by atoms with E-state index in [1.807, 2.05) is 24.3 Å². The van der Waals surface area contributed by atoms with E-state index in [2.05, 4.69) is 0 Å². The predicted molar refractivity (Wildman–Crippen MR) is 118 cm³/mol. The highest BCUT2D eigenvalue weighted by molar-refractivity contribution is 7.89. The normalized spacial score (nSPS) is 17.9. The van der Waals surface area contributed by atoms with Gasteiger partial charge in [0.25, 0.3) is 5.69 Å². The zero-order chi connectivity index (χ0) is 24.0. The molecule has 33 heavy (non-hydrogen) atoms. The van der Waals surface area contributed by atoms with Crippen LogP contribution in [0.15, 0.2) is 65.6 Å². The van der Waals surface area contributed by atoms with Crippen LogP contribution in [0.2, 0.25) is 0 Å². The molecule has 1 aliphatic heterocycles. The molecule has 1 atom stereocenters. The van der Waals surface area contributed by atoms with Crippen molar-refractivity contribution in [3.63, 3.8) is 0 Å². The van der Waals surface area contributed by atoms with Crippen molar-refractivity contribution in [1.29, 1.82) is 0 Å². The van der Waals surface area contributed by atoms with E-state index in [9.17, 15) is 31.7 Å². The highest BCUT2D eigenvalue weighted by Gasteiger charge is 2.37. The van der Waals surface area contributed by atoms with Crippen molar-refractivity contribution < 1.29 is 26.5 Å².